The molecular formula is C31H29FN4O3S. The van der Waals surface area contributed by atoms with Crippen molar-refractivity contribution in [3.63, 3.8) is 0 Å². The maximum atomic E-state index is 15.0. The lowest BCUT2D eigenvalue weighted by Crippen LogP contribution is -2.17. The van der Waals surface area contributed by atoms with Crippen LogP contribution in [0.4, 0.5) is 4.39 Å². The number of halogens is 1. The first-order valence-electron chi connectivity index (χ1n) is 12.9. The number of hydrogen-bond donors (Lipinski definition) is 0. The fraction of sp³-hybridized carbons (Fsp3) is 0.226. The molecule has 2 aromatic carbocycles. The van der Waals surface area contributed by atoms with Crippen LogP contribution in [0.3, 0.4) is 0 Å². The Morgan fingerprint density at radius 1 is 0.950 bits per heavy atom. The van der Waals surface area contributed by atoms with E-state index in [-0.39, 0.29) is 36.6 Å². The summed E-state index contributed by atoms with van der Waals surface area (Å²) in [6.07, 6.45) is 5.45. The van der Waals surface area contributed by atoms with Crippen LogP contribution in [-0.4, -0.2) is 51.6 Å². The number of Topliss-reactive ketones (excluding diaryl/α,β-unsaturated/α-hetero) is 2. The van der Waals surface area contributed by atoms with Crippen molar-refractivity contribution in [2.75, 3.05) is 20.6 Å². The van der Waals surface area contributed by atoms with Crippen molar-refractivity contribution >= 4 is 33.1 Å². The van der Waals surface area contributed by atoms with Crippen molar-refractivity contribution in [2.24, 2.45) is 0 Å². The van der Waals surface area contributed by atoms with Crippen molar-refractivity contribution in [2.45, 2.75) is 25.8 Å². The van der Waals surface area contributed by atoms with E-state index in [1.165, 1.54) is 23.5 Å². The summed E-state index contributed by atoms with van der Waals surface area (Å²) in [6, 6.07) is 17.4. The molecule has 0 saturated carbocycles. The number of fused-ring (bicyclic) bond motifs is 1. The first-order chi connectivity index (χ1) is 19.3. The third-order valence-corrected chi connectivity index (χ3v) is 7.48. The molecule has 0 aliphatic heterocycles. The monoisotopic (exact) mass is 556 g/mol. The van der Waals surface area contributed by atoms with E-state index in [1.807, 2.05) is 67.6 Å². The molecule has 0 fully saturated rings. The van der Waals surface area contributed by atoms with Gasteiger partial charge in [0.05, 0.1) is 33.5 Å². The number of carbonyl (C=O) groups excluding carboxylic acids is 2. The second-order valence-electron chi connectivity index (χ2n) is 9.89. The molecule has 0 radical (unpaired) electrons. The van der Waals surface area contributed by atoms with Gasteiger partial charge in [-0.25, -0.2) is 9.37 Å². The van der Waals surface area contributed by atoms with Crippen molar-refractivity contribution < 1.29 is 18.7 Å². The van der Waals surface area contributed by atoms with Gasteiger partial charge in [-0.2, -0.15) is 0 Å². The number of imidazole rings is 1. The Hall–Kier alpha value is -4.21. The van der Waals surface area contributed by atoms with Gasteiger partial charge in [-0.05, 0) is 43.4 Å². The predicted octanol–water partition coefficient (Wildman–Crippen LogP) is 5.97. The molecule has 40 heavy (non-hydrogen) atoms. The molecule has 3 aromatic heterocycles. The molecule has 0 saturated heterocycles. The summed E-state index contributed by atoms with van der Waals surface area (Å²) in [5.74, 6) is -0.453. The lowest BCUT2D eigenvalue weighted by molar-refractivity contribution is -0.126. The molecule has 204 valence electrons. The Labute approximate surface area is 235 Å². The summed E-state index contributed by atoms with van der Waals surface area (Å²) < 4.78 is 23.8. The summed E-state index contributed by atoms with van der Waals surface area (Å²) in [5, 5.41) is 0. The molecule has 5 aromatic rings. The highest BCUT2D eigenvalue weighted by atomic mass is 32.1. The highest BCUT2D eigenvalue weighted by Gasteiger charge is 2.16. The normalized spacial score (nSPS) is 11.3. The Kier molecular flexibility index (Phi) is 8.42. The molecule has 9 heteroatoms. The number of hydrogen-bond acceptors (Lipinski definition) is 7. The SMILES string of the molecule is CN(C)CCn1cnc(-c2cc3nccc(Oc4ccc(CC(=O)CC(=O)Cc5ccccc5)cc4F)c3s2)c1. The van der Waals surface area contributed by atoms with Gasteiger partial charge in [-0.1, -0.05) is 36.4 Å². The maximum absolute atomic E-state index is 15.0. The number of ether oxygens (including phenoxy) is 1. The molecule has 0 aliphatic carbocycles. The first kappa shape index (κ1) is 27.4. The molecule has 0 N–H and O–H groups in total. The van der Waals surface area contributed by atoms with E-state index in [1.54, 1.807) is 18.3 Å². The minimum absolute atomic E-state index is 0.0211. The Balaban J connectivity index is 1.25. The molecule has 5 rings (SSSR count). The number of nitrogens with zero attached hydrogens (tertiary/aromatic N) is 4. The fourth-order valence-electron chi connectivity index (χ4n) is 4.30. The van der Waals surface area contributed by atoms with Gasteiger partial charge in [0, 0.05) is 44.4 Å². The third kappa shape index (κ3) is 6.86. The molecule has 0 amide bonds. The highest BCUT2D eigenvalue weighted by molar-refractivity contribution is 7.22. The van der Waals surface area contributed by atoms with Crippen molar-refractivity contribution in [1.82, 2.24) is 19.4 Å². The molecule has 0 spiro atoms. The second kappa shape index (κ2) is 12.3. The zero-order chi connectivity index (χ0) is 28.1. The fourth-order valence-corrected chi connectivity index (χ4v) is 5.33. The summed E-state index contributed by atoms with van der Waals surface area (Å²) in [6.45, 7) is 1.75. The topological polar surface area (TPSA) is 77.3 Å². The van der Waals surface area contributed by atoms with Gasteiger partial charge in [0.1, 0.15) is 17.3 Å². The van der Waals surface area contributed by atoms with Crippen LogP contribution in [0.15, 0.2) is 79.4 Å². The average Bonchev–Trinajstić information content (AvgIpc) is 3.57. The summed E-state index contributed by atoms with van der Waals surface area (Å²) in [7, 11) is 4.06. The predicted molar refractivity (Wildman–Crippen MR) is 154 cm³/mol. The van der Waals surface area contributed by atoms with Crippen LogP contribution in [0.5, 0.6) is 11.5 Å². The minimum atomic E-state index is -0.581. The lowest BCUT2D eigenvalue weighted by atomic mass is 10.0. The van der Waals surface area contributed by atoms with Crippen molar-refractivity contribution in [3.05, 3.63) is 96.3 Å². The number of benzene rings is 2. The number of thiophene rings is 1. The van der Waals surface area contributed by atoms with E-state index in [4.69, 9.17) is 4.74 Å². The van der Waals surface area contributed by atoms with Gasteiger partial charge >= 0.3 is 0 Å². The highest BCUT2D eigenvalue weighted by Crippen LogP contribution is 2.39. The Morgan fingerprint density at radius 3 is 2.48 bits per heavy atom. The van der Waals surface area contributed by atoms with E-state index in [9.17, 15) is 9.59 Å². The van der Waals surface area contributed by atoms with Crippen LogP contribution in [-0.2, 0) is 29.0 Å². The van der Waals surface area contributed by atoms with Gasteiger partial charge < -0.3 is 14.2 Å². The first-order valence-corrected chi connectivity index (χ1v) is 13.7. The van der Waals surface area contributed by atoms with E-state index >= 15 is 4.39 Å². The maximum Gasteiger partial charge on any atom is 0.166 e. The van der Waals surface area contributed by atoms with Crippen LogP contribution in [0.25, 0.3) is 20.8 Å². The van der Waals surface area contributed by atoms with Gasteiger partial charge in [0.2, 0.25) is 0 Å². The zero-order valence-electron chi connectivity index (χ0n) is 22.3. The van der Waals surface area contributed by atoms with Crippen LogP contribution in [0.2, 0.25) is 0 Å². The summed E-state index contributed by atoms with van der Waals surface area (Å²) in [4.78, 5) is 36.8. The number of ketones is 2. The smallest absolute Gasteiger partial charge is 0.166 e. The number of aromatic nitrogens is 3. The lowest BCUT2D eigenvalue weighted by Gasteiger charge is -2.09. The van der Waals surface area contributed by atoms with Gasteiger partial charge in [0.15, 0.2) is 11.6 Å². The summed E-state index contributed by atoms with van der Waals surface area (Å²) >= 11 is 1.48. The van der Waals surface area contributed by atoms with E-state index in [0.717, 1.165) is 39.4 Å². The van der Waals surface area contributed by atoms with Crippen molar-refractivity contribution in [1.29, 1.82) is 0 Å². The summed E-state index contributed by atoms with van der Waals surface area (Å²) in [5.41, 5.74) is 2.94. The standard InChI is InChI=1S/C31H29FN4O3S/c1-35(2)12-13-36-19-27(34-20-36)30-18-26-31(40-30)29(10-11-33-26)39-28-9-8-22(16-25(28)32)15-24(38)17-23(37)14-21-6-4-3-5-7-21/h3-11,16,18-20H,12-15,17H2,1-2H3. The third-order valence-electron chi connectivity index (χ3n) is 6.32. The average molecular weight is 557 g/mol. The number of pyridine rings is 1. The van der Waals surface area contributed by atoms with Crippen LogP contribution in [0, 0.1) is 5.82 Å². The van der Waals surface area contributed by atoms with E-state index in [2.05, 4.69) is 14.9 Å². The van der Waals surface area contributed by atoms with E-state index in [0.29, 0.717) is 11.3 Å². The molecule has 0 aliphatic rings. The van der Waals surface area contributed by atoms with E-state index < -0.39 is 5.82 Å². The molecular weight excluding hydrogens is 527 g/mol. The van der Waals surface area contributed by atoms with Crippen LogP contribution < -0.4 is 4.74 Å². The minimum Gasteiger partial charge on any atom is -0.453 e. The van der Waals surface area contributed by atoms with Gasteiger partial charge in [0.25, 0.3) is 0 Å². The molecule has 3 heterocycles. The number of rotatable bonds is 12. The molecule has 7 nitrogen and oxygen atoms in total. The second-order valence-corrected chi connectivity index (χ2v) is 10.9. The number of carbonyl (C=O) groups is 2. The molecule has 0 bridgehead atoms. The molecule has 0 unspecified atom stereocenters. The Bertz CT molecular complexity index is 1650. The largest absolute Gasteiger partial charge is 0.453 e. The molecule has 0 atom stereocenters. The van der Waals surface area contributed by atoms with Gasteiger partial charge in [-0.3, -0.25) is 14.6 Å². The van der Waals surface area contributed by atoms with Crippen LogP contribution in [0.1, 0.15) is 17.5 Å². The van der Waals surface area contributed by atoms with Crippen molar-refractivity contribution in [3.8, 4) is 22.1 Å². The van der Waals surface area contributed by atoms with Gasteiger partial charge in [-0.15, -0.1) is 11.3 Å². The van der Waals surface area contributed by atoms with Crippen LogP contribution >= 0.6 is 11.3 Å². The quantitative estimate of drug-likeness (QED) is 0.176. The number of likely N-dealkylation sites (N-methyl/N-ethyl adjacent to an activating group) is 1. The zero-order valence-corrected chi connectivity index (χ0v) is 23.2. The Morgan fingerprint density at radius 2 is 1.73 bits per heavy atom.